The Bertz CT molecular complexity index is 508. The van der Waals surface area contributed by atoms with E-state index < -0.39 is 5.60 Å². The van der Waals surface area contributed by atoms with Crippen molar-refractivity contribution >= 4 is 6.09 Å². The van der Waals surface area contributed by atoms with Crippen LogP contribution in [-0.4, -0.2) is 40.7 Å². The summed E-state index contributed by atoms with van der Waals surface area (Å²) in [6.07, 6.45) is 4.81. The van der Waals surface area contributed by atoms with E-state index in [2.05, 4.69) is 16.4 Å². The molecule has 1 amide bonds. The number of amides is 1. The lowest BCUT2D eigenvalue weighted by Gasteiger charge is -2.28. The van der Waals surface area contributed by atoms with Crippen LogP contribution in [0.3, 0.4) is 0 Å². The van der Waals surface area contributed by atoms with Gasteiger partial charge in [0.1, 0.15) is 5.60 Å². The molecule has 5 nitrogen and oxygen atoms in total. The van der Waals surface area contributed by atoms with Crippen LogP contribution in [-0.2, 0) is 11.3 Å². The summed E-state index contributed by atoms with van der Waals surface area (Å²) in [5, 5.41) is 3.44. The molecule has 0 radical (unpaired) electrons. The lowest BCUT2D eigenvalue weighted by atomic mass is 10.1. The number of carbonyl (C=O) groups excluding carboxylic acids is 1. The fourth-order valence-corrected chi connectivity index (χ4v) is 2.80. The van der Waals surface area contributed by atoms with E-state index in [1.165, 1.54) is 5.56 Å². The van der Waals surface area contributed by atoms with Gasteiger partial charge < -0.3 is 15.0 Å². The number of nitrogens with one attached hydrogen (secondary N) is 1. The molecular formula is C18H29N3O2. The number of carbonyl (C=O) groups is 1. The molecule has 1 N–H and O–H groups in total. The second kappa shape index (κ2) is 7.77. The molecule has 0 saturated carbocycles. The molecule has 2 rings (SSSR count). The monoisotopic (exact) mass is 319 g/mol. The predicted molar refractivity (Wildman–Crippen MR) is 91.3 cm³/mol. The number of hydrogen-bond acceptors (Lipinski definition) is 4. The van der Waals surface area contributed by atoms with Crippen LogP contribution in [0.4, 0.5) is 4.79 Å². The molecule has 1 aliphatic rings. The first kappa shape index (κ1) is 17.7. The van der Waals surface area contributed by atoms with Crippen molar-refractivity contribution in [2.75, 3.05) is 13.1 Å². The normalized spacial score (nSPS) is 18.3. The number of nitrogens with zero attached hydrogens (tertiary/aromatic N) is 2. The third-order valence-corrected chi connectivity index (χ3v) is 3.96. The summed E-state index contributed by atoms with van der Waals surface area (Å²) >= 11 is 0. The number of pyridine rings is 1. The van der Waals surface area contributed by atoms with Crippen molar-refractivity contribution in [3.05, 3.63) is 29.6 Å². The fourth-order valence-electron chi connectivity index (χ4n) is 2.80. The van der Waals surface area contributed by atoms with E-state index in [1.54, 1.807) is 0 Å². The molecule has 1 unspecified atom stereocenters. The Labute approximate surface area is 139 Å². The van der Waals surface area contributed by atoms with Gasteiger partial charge in [0.25, 0.3) is 0 Å². The third kappa shape index (κ3) is 5.82. The molecule has 5 heteroatoms. The van der Waals surface area contributed by atoms with Gasteiger partial charge in [-0.1, -0.05) is 6.07 Å². The standard InChI is InChI=1S/C18H29N3O2/c1-14-7-8-15(13-20-14)12-19-10-9-16-6-5-11-21(16)17(22)23-18(2,3)4/h7-8,13,16,19H,5-6,9-12H2,1-4H3. The summed E-state index contributed by atoms with van der Waals surface area (Å²) in [6.45, 7) is 10.2. The van der Waals surface area contributed by atoms with Gasteiger partial charge in [-0.15, -0.1) is 0 Å². The Morgan fingerprint density at radius 3 is 2.87 bits per heavy atom. The molecule has 2 heterocycles. The van der Waals surface area contributed by atoms with Crippen LogP contribution in [0.25, 0.3) is 0 Å². The minimum absolute atomic E-state index is 0.178. The van der Waals surface area contributed by atoms with Crippen LogP contribution in [0.2, 0.25) is 0 Å². The highest BCUT2D eigenvalue weighted by Gasteiger charge is 2.31. The molecule has 1 aromatic rings. The Morgan fingerprint density at radius 2 is 2.22 bits per heavy atom. The van der Waals surface area contributed by atoms with Crippen molar-refractivity contribution in [3.8, 4) is 0 Å². The average molecular weight is 319 g/mol. The zero-order chi connectivity index (χ0) is 16.9. The maximum Gasteiger partial charge on any atom is 0.410 e. The minimum Gasteiger partial charge on any atom is -0.444 e. The van der Waals surface area contributed by atoms with Crippen LogP contribution in [0.1, 0.15) is 51.3 Å². The quantitative estimate of drug-likeness (QED) is 0.846. The number of rotatable bonds is 5. The van der Waals surface area contributed by atoms with E-state index in [1.807, 2.05) is 44.9 Å². The number of ether oxygens (including phenoxy) is 1. The van der Waals surface area contributed by atoms with Gasteiger partial charge in [0.15, 0.2) is 0 Å². The first-order valence-electron chi connectivity index (χ1n) is 8.47. The summed E-state index contributed by atoms with van der Waals surface area (Å²) in [6, 6.07) is 4.41. The van der Waals surface area contributed by atoms with Crippen molar-refractivity contribution < 1.29 is 9.53 Å². The van der Waals surface area contributed by atoms with E-state index in [9.17, 15) is 4.79 Å². The van der Waals surface area contributed by atoms with E-state index in [4.69, 9.17) is 4.74 Å². The molecule has 1 saturated heterocycles. The Morgan fingerprint density at radius 1 is 1.43 bits per heavy atom. The van der Waals surface area contributed by atoms with Crippen LogP contribution in [0.15, 0.2) is 18.3 Å². The lowest BCUT2D eigenvalue weighted by molar-refractivity contribution is 0.0220. The van der Waals surface area contributed by atoms with Gasteiger partial charge in [0, 0.05) is 31.0 Å². The minimum atomic E-state index is -0.430. The highest BCUT2D eigenvalue weighted by atomic mass is 16.6. The molecule has 1 aromatic heterocycles. The molecule has 23 heavy (non-hydrogen) atoms. The molecular weight excluding hydrogens is 290 g/mol. The van der Waals surface area contributed by atoms with Gasteiger partial charge in [-0.05, 0) is 65.1 Å². The van der Waals surface area contributed by atoms with Crippen LogP contribution in [0, 0.1) is 6.92 Å². The zero-order valence-electron chi connectivity index (χ0n) is 14.8. The molecule has 0 aromatic carbocycles. The number of likely N-dealkylation sites (tertiary alicyclic amines) is 1. The van der Waals surface area contributed by atoms with Gasteiger partial charge in [-0.2, -0.15) is 0 Å². The molecule has 128 valence electrons. The molecule has 1 atom stereocenters. The Hall–Kier alpha value is -1.62. The maximum absolute atomic E-state index is 12.2. The molecule has 1 aliphatic heterocycles. The zero-order valence-corrected chi connectivity index (χ0v) is 14.8. The van der Waals surface area contributed by atoms with E-state index in [0.717, 1.165) is 44.6 Å². The van der Waals surface area contributed by atoms with Crippen molar-refractivity contribution in [1.82, 2.24) is 15.2 Å². The predicted octanol–water partition coefficient (Wildman–Crippen LogP) is 3.27. The third-order valence-electron chi connectivity index (χ3n) is 3.96. The summed E-state index contributed by atoms with van der Waals surface area (Å²) < 4.78 is 5.50. The van der Waals surface area contributed by atoms with Gasteiger partial charge in [-0.3, -0.25) is 4.98 Å². The lowest BCUT2D eigenvalue weighted by Crippen LogP contribution is -2.40. The number of hydrogen-bond donors (Lipinski definition) is 1. The summed E-state index contributed by atoms with van der Waals surface area (Å²) in [5.74, 6) is 0. The SMILES string of the molecule is Cc1ccc(CNCCC2CCCN2C(=O)OC(C)(C)C)cn1. The number of aryl methyl sites for hydroxylation is 1. The molecule has 1 fully saturated rings. The molecule has 0 bridgehead atoms. The van der Waals surface area contributed by atoms with E-state index >= 15 is 0 Å². The van der Waals surface area contributed by atoms with E-state index in [-0.39, 0.29) is 12.1 Å². The smallest absolute Gasteiger partial charge is 0.410 e. The average Bonchev–Trinajstić information content (AvgIpc) is 2.92. The van der Waals surface area contributed by atoms with Crippen LogP contribution >= 0.6 is 0 Å². The fraction of sp³-hybridized carbons (Fsp3) is 0.667. The summed E-state index contributed by atoms with van der Waals surface area (Å²) in [4.78, 5) is 18.4. The van der Waals surface area contributed by atoms with Crippen molar-refractivity contribution in [2.24, 2.45) is 0 Å². The van der Waals surface area contributed by atoms with Crippen molar-refractivity contribution in [1.29, 1.82) is 0 Å². The van der Waals surface area contributed by atoms with Crippen LogP contribution in [0.5, 0.6) is 0 Å². The first-order chi connectivity index (χ1) is 10.8. The molecule has 0 aliphatic carbocycles. The van der Waals surface area contributed by atoms with Crippen LogP contribution < -0.4 is 5.32 Å². The topological polar surface area (TPSA) is 54.5 Å². The van der Waals surface area contributed by atoms with Gasteiger partial charge in [0.05, 0.1) is 0 Å². The second-order valence-electron chi connectivity index (χ2n) is 7.24. The Kier molecular flexibility index (Phi) is 5.99. The highest BCUT2D eigenvalue weighted by molar-refractivity contribution is 5.68. The largest absolute Gasteiger partial charge is 0.444 e. The van der Waals surface area contributed by atoms with Crippen molar-refractivity contribution in [2.45, 2.75) is 65.1 Å². The van der Waals surface area contributed by atoms with Gasteiger partial charge >= 0.3 is 6.09 Å². The maximum atomic E-state index is 12.2. The first-order valence-corrected chi connectivity index (χ1v) is 8.47. The molecule has 0 spiro atoms. The van der Waals surface area contributed by atoms with Gasteiger partial charge in [0.2, 0.25) is 0 Å². The number of aromatic nitrogens is 1. The van der Waals surface area contributed by atoms with Gasteiger partial charge in [-0.25, -0.2) is 4.79 Å². The Balaban J connectivity index is 1.73. The summed E-state index contributed by atoms with van der Waals surface area (Å²) in [7, 11) is 0. The highest BCUT2D eigenvalue weighted by Crippen LogP contribution is 2.22. The van der Waals surface area contributed by atoms with Crippen molar-refractivity contribution in [3.63, 3.8) is 0 Å². The summed E-state index contributed by atoms with van der Waals surface area (Å²) in [5.41, 5.74) is 1.79. The van der Waals surface area contributed by atoms with E-state index in [0.29, 0.717) is 0 Å². The second-order valence-corrected chi connectivity index (χ2v) is 7.24.